The number of rotatable bonds is 6. The molecule has 0 aliphatic rings. The first kappa shape index (κ1) is 15.8. The van der Waals surface area contributed by atoms with Crippen LogP contribution in [0, 0.1) is 11.6 Å². The second-order valence-corrected chi connectivity index (χ2v) is 4.29. The molecule has 0 unspecified atom stereocenters. The van der Waals surface area contributed by atoms with E-state index in [1.807, 2.05) is 0 Å². The zero-order valence-corrected chi connectivity index (χ0v) is 11.8. The molecule has 0 spiro atoms. The molecule has 0 N–H and O–H groups in total. The van der Waals surface area contributed by atoms with Gasteiger partial charge in [0.2, 0.25) is 0 Å². The van der Waals surface area contributed by atoms with Gasteiger partial charge in [-0.3, -0.25) is 0 Å². The Labute approximate surface area is 126 Å². The third-order valence-electron chi connectivity index (χ3n) is 2.76. The van der Waals surface area contributed by atoms with Crippen LogP contribution in [0.3, 0.4) is 0 Å². The molecule has 0 aromatic heterocycles. The van der Waals surface area contributed by atoms with Gasteiger partial charge in [0.1, 0.15) is 24.8 Å². The average Bonchev–Trinajstić information content (AvgIpc) is 2.52. The number of halogens is 2. The maximum Gasteiger partial charge on any atom is 0.337 e. The zero-order chi connectivity index (χ0) is 15.9. The maximum atomic E-state index is 13.3. The molecular formula is C16H14F2O4. The molecule has 0 atom stereocenters. The van der Waals surface area contributed by atoms with Crippen LogP contribution >= 0.6 is 0 Å². The van der Waals surface area contributed by atoms with E-state index in [4.69, 9.17) is 9.47 Å². The maximum absolute atomic E-state index is 13.3. The molecule has 2 aromatic rings. The highest BCUT2D eigenvalue weighted by Crippen LogP contribution is 2.18. The molecule has 0 saturated carbocycles. The molecule has 2 aromatic carbocycles. The van der Waals surface area contributed by atoms with E-state index in [2.05, 4.69) is 4.74 Å². The molecule has 0 bridgehead atoms. The van der Waals surface area contributed by atoms with Gasteiger partial charge >= 0.3 is 5.97 Å². The Morgan fingerprint density at radius 3 is 2.55 bits per heavy atom. The van der Waals surface area contributed by atoms with Crippen molar-refractivity contribution < 1.29 is 27.8 Å². The molecule has 6 heteroatoms. The van der Waals surface area contributed by atoms with Crippen molar-refractivity contribution in [2.75, 3.05) is 20.3 Å². The van der Waals surface area contributed by atoms with Gasteiger partial charge in [0.05, 0.1) is 12.7 Å². The van der Waals surface area contributed by atoms with Crippen molar-refractivity contribution in [3.63, 3.8) is 0 Å². The molecule has 2 rings (SSSR count). The Bertz CT molecular complexity index is 658. The van der Waals surface area contributed by atoms with Crippen molar-refractivity contribution in [3.8, 4) is 11.5 Å². The number of benzene rings is 2. The van der Waals surface area contributed by atoms with Gasteiger partial charge in [-0.15, -0.1) is 0 Å². The molecule has 22 heavy (non-hydrogen) atoms. The standard InChI is InChI=1S/C16H14F2O4/c1-20-16(19)11-3-2-4-13(9-11)21-7-8-22-15-6-5-12(17)10-14(15)18/h2-6,9-10H,7-8H2,1H3. The van der Waals surface area contributed by atoms with Crippen LogP contribution in [-0.4, -0.2) is 26.3 Å². The quantitative estimate of drug-likeness (QED) is 0.607. The lowest BCUT2D eigenvalue weighted by Gasteiger charge is -2.09. The van der Waals surface area contributed by atoms with Gasteiger partial charge in [0.25, 0.3) is 0 Å². The van der Waals surface area contributed by atoms with E-state index in [0.29, 0.717) is 11.3 Å². The van der Waals surface area contributed by atoms with Crippen molar-refractivity contribution in [3.05, 3.63) is 59.7 Å². The first-order valence-corrected chi connectivity index (χ1v) is 6.49. The summed E-state index contributed by atoms with van der Waals surface area (Å²) in [5.41, 5.74) is 0.366. The van der Waals surface area contributed by atoms with Gasteiger partial charge in [-0.25, -0.2) is 13.6 Å². The summed E-state index contributed by atoms with van der Waals surface area (Å²) in [5.74, 6) is -1.48. The predicted octanol–water partition coefficient (Wildman–Crippen LogP) is 3.21. The highest BCUT2D eigenvalue weighted by molar-refractivity contribution is 5.89. The van der Waals surface area contributed by atoms with Crippen LogP contribution in [0.1, 0.15) is 10.4 Å². The lowest BCUT2D eigenvalue weighted by Crippen LogP contribution is -2.10. The van der Waals surface area contributed by atoms with Gasteiger partial charge in [-0.05, 0) is 30.3 Å². The number of ether oxygens (including phenoxy) is 3. The Hall–Kier alpha value is -2.63. The second kappa shape index (κ2) is 7.40. The SMILES string of the molecule is COC(=O)c1cccc(OCCOc2ccc(F)cc2F)c1. The van der Waals surface area contributed by atoms with E-state index < -0.39 is 17.6 Å². The topological polar surface area (TPSA) is 44.8 Å². The summed E-state index contributed by atoms with van der Waals surface area (Å²) >= 11 is 0. The van der Waals surface area contributed by atoms with Crippen molar-refractivity contribution in [2.45, 2.75) is 0 Å². The minimum atomic E-state index is -0.771. The number of carbonyl (C=O) groups is 1. The van der Waals surface area contributed by atoms with Crippen LogP contribution < -0.4 is 9.47 Å². The first-order valence-electron chi connectivity index (χ1n) is 6.49. The fraction of sp³-hybridized carbons (Fsp3) is 0.188. The second-order valence-electron chi connectivity index (χ2n) is 4.29. The minimum Gasteiger partial charge on any atom is -0.490 e. The molecule has 0 amide bonds. The third-order valence-corrected chi connectivity index (χ3v) is 2.76. The number of hydrogen-bond acceptors (Lipinski definition) is 4. The van der Waals surface area contributed by atoms with E-state index in [1.165, 1.54) is 19.2 Å². The van der Waals surface area contributed by atoms with Gasteiger partial charge in [0, 0.05) is 6.07 Å². The highest BCUT2D eigenvalue weighted by atomic mass is 19.1. The molecule has 0 radical (unpaired) electrons. The van der Waals surface area contributed by atoms with Crippen LogP contribution in [-0.2, 0) is 4.74 Å². The molecule has 0 saturated heterocycles. The Morgan fingerprint density at radius 1 is 1.05 bits per heavy atom. The van der Waals surface area contributed by atoms with Crippen LogP contribution in [0.4, 0.5) is 8.78 Å². The van der Waals surface area contributed by atoms with E-state index in [0.717, 1.165) is 12.1 Å². The number of carbonyl (C=O) groups excluding carboxylic acids is 1. The van der Waals surface area contributed by atoms with Gasteiger partial charge in [0.15, 0.2) is 11.6 Å². The van der Waals surface area contributed by atoms with E-state index in [9.17, 15) is 13.6 Å². The van der Waals surface area contributed by atoms with E-state index in [-0.39, 0.29) is 19.0 Å². The molecule has 0 fully saturated rings. The van der Waals surface area contributed by atoms with Gasteiger partial charge in [-0.2, -0.15) is 0 Å². The molecule has 4 nitrogen and oxygen atoms in total. The summed E-state index contributed by atoms with van der Waals surface area (Å²) in [5, 5.41) is 0. The van der Waals surface area contributed by atoms with E-state index >= 15 is 0 Å². The summed E-state index contributed by atoms with van der Waals surface area (Å²) in [4.78, 5) is 11.4. The zero-order valence-electron chi connectivity index (χ0n) is 11.8. The van der Waals surface area contributed by atoms with Crippen LogP contribution in [0.2, 0.25) is 0 Å². The molecular weight excluding hydrogens is 294 g/mol. The molecule has 0 aliphatic heterocycles. The minimum absolute atomic E-state index is 0.0479. The monoisotopic (exact) mass is 308 g/mol. The van der Waals surface area contributed by atoms with Gasteiger partial charge in [-0.1, -0.05) is 6.07 Å². The number of methoxy groups -OCH3 is 1. The summed E-state index contributed by atoms with van der Waals surface area (Å²) in [6, 6.07) is 9.53. The van der Waals surface area contributed by atoms with E-state index in [1.54, 1.807) is 18.2 Å². The Balaban J connectivity index is 1.85. The summed E-state index contributed by atoms with van der Waals surface area (Å²) < 4.78 is 41.2. The summed E-state index contributed by atoms with van der Waals surface area (Å²) in [7, 11) is 1.29. The van der Waals surface area contributed by atoms with Crippen LogP contribution in [0.25, 0.3) is 0 Å². The van der Waals surface area contributed by atoms with Gasteiger partial charge < -0.3 is 14.2 Å². The van der Waals surface area contributed by atoms with Crippen molar-refractivity contribution in [2.24, 2.45) is 0 Å². The number of hydrogen-bond donors (Lipinski definition) is 0. The summed E-state index contributed by atoms with van der Waals surface area (Å²) in [6.45, 7) is 0.215. The fourth-order valence-corrected chi connectivity index (χ4v) is 1.73. The Kier molecular flexibility index (Phi) is 5.30. The van der Waals surface area contributed by atoms with Crippen molar-refractivity contribution >= 4 is 5.97 Å². The van der Waals surface area contributed by atoms with Crippen molar-refractivity contribution in [1.29, 1.82) is 0 Å². The third kappa shape index (κ3) is 4.18. The molecule has 0 heterocycles. The smallest absolute Gasteiger partial charge is 0.337 e. The molecule has 116 valence electrons. The lowest BCUT2D eigenvalue weighted by molar-refractivity contribution is 0.0600. The first-order chi connectivity index (χ1) is 10.6. The Morgan fingerprint density at radius 2 is 1.82 bits per heavy atom. The normalized spacial score (nSPS) is 10.1. The van der Waals surface area contributed by atoms with Crippen LogP contribution in [0.15, 0.2) is 42.5 Å². The van der Waals surface area contributed by atoms with Crippen LogP contribution in [0.5, 0.6) is 11.5 Å². The predicted molar refractivity (Wildman–Crippen MR) is 75.1 cm³/mol. The highest BCUT2D eigenvalue weighted by Gasteiger charge is 2.07. The largest absolute Gasteiger partial charge is 0.490 e. The molecule has 0 aliphatic carbocycles. The lowest BCUT2D eigenvalue weighted by atomic mass is 10.2. The fourth-order valence-electron chi connectivity index (χ4n) is 1.73. The average molecular weight is 308 g/mol. The van der Waals surface area contributed by atoms with Crippen molar-refractivity contribution in [1.82, 2.24) is 0 Å². The number of esters is 1. The summed E-state index contributed by atoms with van der Waals surface area (Å²) in [6.07, 6.45) is 0.